The molecule has 1 aliphatic rings. The van der Waals surface area contributed by atoms with Crippen LogP contribution in [0.5, 0.6) is 0 Å². The average molecular weight is 436 g/mol. The molecule has 2 aromatic carbocycles. The molecule has 1 aromatic heterocycles. The van der Waals surface area contributed by atoms with E-state index in [1.807, 2.05) is 13.8 Å². The highest BCUT2D eigenvalue weighted by atomic mass is 19.1. The molecule has 3 aromatic rings. The monoisotopic (exact) mass is 436 g/mol. The molecule has 7 heteroatoms. The van der Waals surface area contributed by atoms with E-state index in [-0.39, 0.29) is 24.3 Å². The van der Waals surface area contributed by atoms with Crippen LogP contribution in [0.4, 0.5) is 8.78 Å². The minimum Gasteiger partial charge on any atom is -0.348 e. The summed E-state index contributed by atoms with van der Waals surface area (Å²) < 4.78 is 28.1. The molecular formula is C25H22F2N2O3. The van der Waals surface area contributed by atoms with Gasteiger partial charge >= 0.3 is 0 Å². The van der Waals surface area contributed by atoms with E-state index in [0.29, 0.717) is 28.8 Å². The van der Waals surface area contributed by atoms with Gasteiger partial charge in [0.15, 0.2) is 5.78 Å². The van der Waals surface area contributed by atoms with Gasteiger partial charge in [-0.1, -0.05) is 26.0 Å². The fraction of sp³-hybridized carbons (Fsp3) is 0.240. The van der Waals surface area contributed by atoms with Crippen LogP contribution in [0.15, 0.2) is 59.5 Å². The Morgan fingerprint density at radius 1 is 1.03 bits per heavy atom. The number of benzene rings is 2. The fourth-order valence-electron chi connectivity index (χ4n) is 4.09. The first kappa shape index (κ1) is 21.6. The van der Waals surface area contributed by atoms with Crippen molar-refractivity contribution in [1.29, 1.82) is 0 Å². The number of ketones is 1. The van der Waals surface area contributed by atoms with Crippen molar-refractivity contribution in [2.75, 3.05) is 0 Å². The molecule has 0 atom stereocenters. The Balaban J connectivity index is 1.81. The predicted molar refractivity (Wildman–Crippen MR) is 116 cm³/mol. The summed E-state index contributed by atoms with van der Waals surface area (Å²) in [5.41, 5.74) is 0.475. The summed E-state index contributed by atoms with van der Waals surface area (Å²) in [6.45, 7) is 3.84. The molecule has 0 saturated carbocycles. The van der Waals surface area contributed by atoms with Crippen molar-refractivity contribution < 1.29 is 18.4 Å². The number of Topliss-reactive ketones (excluding diaryl/α,β-unsaturated/α-hetero) is 1. The van der Waals surface area contributed by atoms with E-state index in [9.17, 15) is 23.2 Å². The zero-order valence-electron chi connectivity index (χ0n) is 17.7. The number of pyridine rings is 1. The summed E-state index contributed by atoms with van der Waals surface area (Å²) in [4.78, 5) is 39.4. The first-order chi connectivity index (χ1) is 15.1. The standard InChI is InChI=1S/C25H22F2N2O3/c1-25(2)11-19-20(21(30)12-25)14-29(18-8-6-16(26)7-9-18)24(32)22(19)23(31)28-13-15-4-3-5-17(27)10-15/h3-10,14H,11-13H2,1-2H3,(H,28,31). The van der Waals surface area contributed by atoms with Crippen molar-refractivity contribution in [2.45, 2.75) is 33.2 Å². The van der Waals surface area contributed by atoms with Crippen LogP contribution in [0.3, 0.4) is 0 Å². The summed E-state index contributed by atoms with van der Waals surface area (Å²) in [6, 6.07) is 11.0. The SMILES string of the molecule is CC1(C)CC(=O)c2cn(-c3ccc(F)cc3)c(=O)c(C(=O)NCc3cccc(F)c3)c2C1. The summed E-state index contributed by atoms with van der Waals surface area (Å²) in [5, 5.41) is 2.67. The van der Waals surface area contributed by atoms with E-state index >= 15 is 0 Å². The number of nitrogens with zero attached hydrogens (tertiary/aromatic N) is 1. The molecule has 164 valence electrons. The Morgan fingerprint density at radius 2 is 1.75 bits per heavy atom. The number of hydrogen-bond donors (Lipinski definition) is 1. The van der Waals surface area contributed by atoms with Crippen molar-refractivity contribution in [1.82, 2.24) is 9.88 Å². The molecule has 1 amide bonds. The molecule has 1 aliphatic carbocycles. The van der Waals surface area contributed by atoms with Gasteiger partial charge < -0.3 is 5.32 Å². The number of hydrogen-bond acceptors (Lipinski definition) is 3. The van der Waals surface area contributed by atoms with Crippen molar-refractivity contribution in [3.05, 3.63) is 99.0 Å². The molecule has 1 N–H and O–H groups in total. The van der Waals surface area contributed by atoms with Crippen LogP contribution >= 0.6 is 0 Å². The van der Waals surface area contributed by atoms with Gasteiger partial charge in [0, 0.05) is 30.4 Å². The van der Waals surface area contributed by atoms with Crippen molar-refractivity contribution in [3.8, 4) is 5.69 Å². The minimum absolute atomic E-state index is 0.0214. The smallest absolute Gasteiger partial charge is 0.268 e. The zero-order valence-corrected chi connectivity index (χ0v) is 17.7. The number of carbonyl (C=O) groups excluding carboxylic acids is 2. The second kappa shape index (κ2) is 8.15. The minimum atomic E-state index is -0.641. The van der Waals surface area contributed by atoms with E-state index in [0.717, 1.165) is 0 Å². The van der Waals surface area contributed by atoms with Crippen LogP contribution in [0.25, 0.3) is 5.69 Å². The third kappa shape index (κ3) is 4.23. The van der Waals surface area contributed by atoms with Gasteiger partial charge in [0.2, 0.25) is 0 Å². The van der Waals surface area contributed by atoms with Crippen LogP contribution in [0.1, 0.15) is 52.1 Å². The van der Waals surface area contributed by atoms with Gasteiger partial charge in [-0.25, -0.2) is 8.78 Å². The number of amides is 1. The number of carbonyl (C=O) groups is 2. The van der Waals surface area contributed by atoms with Crippen LogP contribution in [0, 0.1) is 17.0 Å². The molecule has 32 heavy (non-hydrogen) atoms. The van der Waals surface area contributed by atoms with E-state index in [1.165, 1.54) is 53.2 Å². The number of rotatable bonds is 4. The third-order valence-electron chi connectivity index (χ3n) is 5.59. The van der Waals surface area contributed by atoms with Crippen LogP contribution in [0.2, 0.25) is 0 Å². The highest BCUT2D eigenvalue weighted by Gasteiger charge is 2.35. The Hall–Kier alpha value is -3.61. The lowest BCUT2D eigenvalue weighted by atomic mass is 9.73. The lowest BCUT2D eigenvalue weighted by Crippen LogP contribution is -2.38. The lowest BCUT2D eigenvalue weighted by molar-refractivity contribution is 0.0908. The zero-order chi connectivity index (χ0) is 23.0. The second-order valence-electron chi connectivity index (χ2n) is 8.80. The molecule has 0 saturated heterocycles. The van der Waals surface area contributed by atoms with Gasteiger partial charge in [-0.15, -0.1) is 0 Å². The molecule has 0 fully saturated rings. The van der Waals surface area contributed by atoms with E-state index < -0.39 is 28.5 Å². The number of nitrogens with one attached hydrogen (secondary N) is 1. The molecule has 5 nitrogen and oxygen atoms in total. The molecule has 4 rings (SSSR count). The van der Waals surface area contributed by atoms with Gasteiger partial charge in [0.1, 0.15) is 17.2 Å². The quantitative estimate of drug-likeness (QED) is 0.667. The Bertz CT molecular complexity index is 1280. The molecule has 0 radical (unpaired) electrons. The van der Waals surface area contributed by atoms with Gasteiger partial charge in [-0.3, -0.25) is 19.0 Å². The van der Waals surface area contributed by atoms with Crippen LogP contribution in [-0.2, 0) is 13.0 Å². The Morgan fingerprint density at radius 3 is 2.44 bits per heavy atom. The predicted octanol–water partition coefficient (Wildman–Crippen LogP) is 4.20. The maximum absolute atomic E-state index is 13.5. The molecule has 0 spiro atoms. The summed E-state index contributed by atoms with van der Waals surface area (Å²) in [5.74, 6) is -1.70. The van der Waals surface area contributed by atoms with E-state index in [4.69, 9.17) is 0 Å². The maximum Gasteiger partial charge on any atom is 0.268 e. The first-order valence-electron chi connectivity index (χ1n) is 10.2. The van der Waals surface area contributed by atoms with Crippen LogP contribution in [-0.4, -0.2) is 16.3 Å². The third-order valence-corrected chi connectivity index (χ3v) is 5.59. The molecule has 0 bridgehead atoms. The van der Waals surface area contributed by atoms with E-state index in [1.54, 1.807) is 6.07 Å². The molecule has 0 unspecified atom stereocenters. The largest absolute Gasteiger partial charge is 0.348 e. The average Bonchev–Trinajstić information content (AvgIpc) is 2.72. The summed E-state index contributed by atoms with van der Waals surface area (Å²) >= 11 is 0. The molecule has 0 aliphatic heterocycles. The van der Waals surface area contributed by atoms with Gasteiger partial charge in [0.25, 0.3) is 11.5 Å². The normalized spacial score (nSPS) is 14.7. The highest BCUT2D eigenvalue weighted by Crippen LogP contribution is 2.35. The second-order valence-corrected chi connectivity index (χ2v) is 8.80. The lowest BCUT2D eigenvalue weighted by Gasteiger charge is -2.31. The number of halogens is 2. The van der Waals surface area contributed by atoms with Crippen molar-refractivity contribution in [3.63, 3.8) is 0 Å². The van der Waals surface area contributed by atoms with E-state index in [2.05, 4.69) is 5.32 Å². The Kier molecular flexibility index (Phi) is 5.50. The fourth-order valence-corrected chi connectivity index (χ4v) is 4.09. The van der Waals surface area contributed by atoms with Gasteiger partial charge in [0.05, 0.1) is 0 Å². The highest BCUT2D eigenvalue weighted by molar-refractivity contribution is 6.04. The van der Waals surface area contributed by atoms with Crippen LogP contribution < -0.4 is 10.9 Å². The van der Waals surface area contributed by atoms with Gasteiger partial charge in [-0.2, -0.15) is 0 Å². The summed E-state index contributed by atoms with van der Waals surface area (Å²) in [7, 11) is 0. The molecular weight excluding hydrogens is 414 g/mol. The summed E-state index contributed by atoms with van der Waals surface area (Å²) in [6.07, 6.45) is 2.11. The number of fused-ring (bicyclic) bond motifs is 1. The number of aromatic nitrogens is 1. The maximum atomic E-state index is 13.5. The first-order valence-corrected chi connectivity index (χ1v) is 10.2. The van der Waals surface area contributed by atoms with Gasteiger partial charge in [-0.05, 0) is 59.4 Å². The Labute approximate surface area is 183 Å². The molecule has 1 heterocycles. The van der Waals surface area contributed by atoms with Crippen molar-refractivity contribution in [2.24, 2.45) is 5.41 Å². The van der Waals surface area contributed by atoms with Crippen molar-refractivity contribution >= 4 is 11.7 Å². The topological polar surface area (TPSA) is 68.2 Å².